The minimum atomic E-state index is -0.896. The number of hydrogen-bond donors (Lipinski definition) is 1. The minimum Gasteiger partial charge on any atom is -0.481 e. The predicted octanol–water partition coefficient (Wildman–Crippen LogP) is 1.82. The first kappa shape index (κ1) is 11.7. The van der Waals surface area contributed by atoms with Gasteiger partial charge in [0.25, 0.3) is 0 Å². The molecule has 0 radical (unpaired) electrons. The first-order chi connectivity index (χ1) is 8.20. The van der Waals surface area contributed by atoms with E-state index in [0.29, 0.717) is 10.9 Å². The molecule has 1 heterocycles. The van der Waals surface area contributed by atoms with Crippen LogP contribution < -0.4 is 4.74 Å². The van der Waals surface area contributed by atoms with Crippen LogP contribution in [0.15, 0.2) is 29.3 Å². The number of rotatable bonds is 4. The summed E-state index contributed by atoms with van der Waals surface area (Å²) in [6.45, 7) is 0. The molecule has 2 aromatic rings. The number of carboxylic acids is 1. The van der Waals surface area contributed by atoms with Crippen LogP contribution in [0.25, 0.3) is 11.0 Å². The number of benzene rings is 1. The summed E-state index contributed by atoms with van der Waals surface area (Å²) in [5, 5.41) is 9.14. The molecule has 1 N–H and O–H groups in total. The van der Waals surface area contributed by atoms with Gasteiger partial charge in [-0.3, -0.25) is 4.79 Å². The van der Waals surface area contributed by atoms with Crippen LogP contribution in [0.3, 0.4) is 0 Å². The van der Waals surface area contributed by atoms with E-state index >= 15 is 0 Å². The van der Waals surface area contributed by atoms with Gasteiger partial charge in [0.1, 0.15) is 0 Å². The van der Waals surface area contributed by atoms with Crippen molar-refractivity contribution in [3.63, 3.8) is 0 Å². The Morgan fingerprint density at radius 3 is 2.59 bits per heavy atom. The zero-order chi connectivity index (χ0) is 12.3. The highest BCUT2D eigenvalue weighted by Gasteiger charge is 2.11. The third kappa shape index (κ3) is 2.65. The van der Waals surface area contributed by atoms with Gasteiger partial charge in [-0.05, 0) is 12.1 Å². The van der Waals surface area contributed by atoms with Crippen LogP contribution in [0.4, 0.5) is 0 Å². The third-order valence-electron chi connectivity index (χ3n) is 2.03. The second-order valence-electron chi connectivity index (χ2n) is 3.21. The van der Waals surface area contributed by atoms with E-state index < -0.39 is 5.97 Å². The summed E-state index contributed by atoms with van der Waals surface area (Å²) in [5.41, 5.74) is 1.45. The standard InChI is InChI=1S/C11H10N2O3S/c1-16-10-11(17-6-9(14)15)13-8-5-3-2-4-7(8)12-10/h2-5H,6H2,1H3,(H,14,15). The second-order valence-corrected chi connectivity index (χ2v) is 4.17. The molecule has 0 aliphatic carbocycles. The summed E-state index contributed by atoms with van der Waals surface area (Å²) in [4.78, 5) is 19.1. The minimum absolute atomic E-state index is 0.0661. The summed E-state index contributed by atoms with van der Waals surface area (Å²) in [5.74, 6) is -0.606. The highest BCUT2D eigenvalue weighted by atomic mass is 32.2. The van der Waals surface area contributed by atoms with E-state index in [1.807, 2.05) is 24.3 Å². The Morgan fingerprint density at radius 2 is 2.00 bits per heavy atom. The van der Waals surface area contributed by atoms with Crippen LogP contribution in [0.1, 0.15) is 0 Å². The fourth-order valence-electron chi connectivity index (χ4n) is 1.32. The molecule has 88 valence electrons. The zero-order valence-corrected chi connectivity index (χ0v) is 9.90. The van der Waals surface area contributed by atoms with Crippen molar-refractivity contribution in [1.82, 2.24) is 9.97 Å². The predicted molar refractivity (Wildman–Crippen MR) is 64.4 cm³/mol. The monoisotopic (exact) mass is 250 g/mol. The average molecular weight is 250 g/mol. The Labute approximate surface area is 102 Å². The first-order valence-electron chi connectivity index (χ1n) is 4.86. The molecule has 1 aromatic carbocycles. The SMILES string of the molecule is COc1nc2ccccc2nc1SCC(=O)O. The largest absolute Gasteiger partial charge is 0.481 e. The summed E-state index contributed by atoms with van der Waals surface area (Å²) < 4.78 is 5.10. The van der Waals surface area contributed by atoms with Crippen LogP contribution in [-0.4, -0.2) is 33.9 Å². The number of carbonyl (C=O) groups is 1. The molecular formula is C11H10N2O3S. The topological polar surface area (TPSA) is 72.3 Å². The Kier molecular flexibility index (Phi) is 3.43. The van der Waals surface area contributed by atoms with Crippen LogP contribution >= 0.6 is 11.8 Å². The maximum atomic E-state index is 10.5. The second kappa shape index (κ2) is 5.01. The van der Waals surface area contributed by atoms with Gasteiger partial charge in [0.05, 0.1) is 23.9 Å². The lowest BCUT2D eigenvalue weighted by atomic mass is 10.3. The molecule has 0 aliphatic rings. The number of ether oxygens (including phenoxy) is 1. The number of aromatic nitrogens is 2. The summed E-state index contributed by atoms with van der Waals surface area (Å²) in [6, 6.07) is 7.37. The van der Waals surface area contributed by atoms with E-state index in [0.717, 1.165) is 22.8 Å². The molecule has 0 unspecified atom stereocenters. The number of carboxylic acid groups (broad SMARTS) is 1. The number of thioether (sulfide) groups is 1. The lowest BCUT2D eigenvalue weighted by molar-refractivity contribution is -0.133. The molecule has 2 rings (SSSR count). The number of para-hydroxylation sites is 2. The zero-order valence-electron chi connectivity index (χ0n) is 9.08. The van der Waals surface area contributed by atoms with Crippen molar-refractivity contribution in [2.24, 2.45) is 0 Å². The van der Waals surface area contributed by atoms with E-state index in [1.54, 1.807) is 0 Å². The molecule has 6 heteroatoms. The molecule has 0 amide bonds. The van der Waals surface area contributed by atoms with Crippen molar-refractivity contribution < 1.29 is 14.6 Å². The smallest absolute Gasteiger partial charge is 0.313 e. The molecule has 0 saturated carbocycles. The fourth-order valence-corrected chi connectivity index (χ4v) is 2.00. The van der Waals surface area contributed by atoms with E-state index in [2.05, 4.69) is 9.97 Å². The number of hydrogen-bond acceptors (Lipinski definition) is 5. The van der Waals surface area contributed by atoms with Crippen LogP contribution in [0.5, 0.6) is 5.88 Å². The summed E-state index contributed by atoms with van der Waals surface area (Å²) in [7, 11) is 1.49. The van der Waals surface area contributed by atoms with Gasteiger partial charge in [0.15, 0.2) is 5.03 Å². The Hall–Kier alpha value is -1.82. The molecule has 0 fully saturated rings. The number of methoxy groups -OCH3 is 1. The average Bonchev–Trinajstić information content (AvgIpc) is 2.35. The van der Waals surface area contributed by atoms with Crippen molar-refractivity contribution in [2.45, 2.75) is 5.03 Å². The number of nitrogens with zero attached hydrogens (tertiary/aromatic N) is 2. The molecule has 0 atom stereocenters. The molecule has 0 bridgehead atoms. The molecular weight excluding hydrogens is 240 g/mol. The van der Waals surface area contributed by atoms with Gasteiger partial charge in [-0.1, -0.05) is 23.9 Å². The molecule has 5 nitrogen and oxygen atoms in total. The van der Waals surface area contributed by atoms with Gasteiger partial charge in [-0.2, -0.15) is 0 Å². The number of aliphatic carboxylic acids is 1. The first-order valence-corrected chi connectivity index (χ1v) is 5.84. The van der Waals surface area contributed by atoms with Gasteiger partial charge in [0.2, 0.25) is 5.88 Å². The molecule has 0 aliphatic heterocycles. The molecule has 1 aromatic heterocycles. The van der Waals surface area contributed by atoms with E-state index in [-0.39, 0.29) is 5.75 Å². The van der Waals surface area contributed by atoms with Crippen LogP contribution in [-0.2, 0) is 4.79 Å². The van der Waals surface area contributed by atoms with Gasteiger partial charge < -0.3 is 9.84 Å². The van der Waals surface area contributed by atoms with Crippen molar-refractivity contribution in [3.05, 3.63) is 24.3 Å². The molecule has 0 saturated heterocycles. The maximum absolute atomic E-state index is 10.5. The Balaban J connectivity index is 2.41. The van der Waals surface area contributed by atoms with Crippen LogP contribution in [0.2, 0.25) is 0 Å². The Bertz CT molecular complexity index is 559. The highest BCUT2D eigenvalue weighted by Crippen LogP contribution is 2.27. The van der Waals surface area contributed by atoms with E-state index in [9.17, 15) is 4.79 Å². The highest BCUT2D eigenvalue weighted by molar-refractivity contribution is 8.00. The molecule has 0 spiro atoms. The van der Waals surface area contributed by atoms with Gasteiger partial charge in [0, 0.05) is 0 Å². The van der Waals surface area contributed by atoms with E-state index in [1.165, 1.54) is 7.11 Å². The van der Waals surface area contributed by atoms with Crippen molar-refractivity contribution in [1.29, 1.82) is 0 Å². The molecule has 17 heavy (non-hydrogen) atoms. The quantitative estimate of drug-likeness (QED) is 0.834. The lowest BCUT2D eigenvalue weighted by Gasteiger charge is -2.06. The van der Waals surface area contributed by atoms with Crippen molar-refractivity contribution in [3.8, 4) is 5.88 Å². The number of fused-ring (bicyclic) bond motifs is 1. The maximum Gasteiger partial charge on any atom is 0.313 e. The van der Waals surface area contributed by atoms with Crippen LogP contribution in [0, 0.1) is 0 Å². The lowest BCUT2D eigenvalue weighted by Crippen LogP contribution is -2.01. The van der Waals surface area contributed by atoms with Crippen molar-refractivity contribution >= 4 is 28.8 Å². The normalized spacial score (nSPS) is 10.4. The van der Waals surface area contributed by atoms with E-state index in [4.69, 9.17) is 9.84 Å². The van der Waals surface area contributed by atoms with Gasteiger partial charge >= 0.3 is 5.97 Å². The van der Waals surface area contributed by atoms with Gasteiger partial charge in [-0.15, -0.1) is 0 Å². The van der Waals surface area contributed by atoms with Gasteiger partial charge in [-0.25, -0.2) is 9.97 Å². The Morgan fingerprint density at radius 1 is 1.35 bits per heavy atom. The summed E-state index contributed by atoms with van der Waals surface area (Å²) in [6.07, 6.45) is 0. The summed E-state index contributed by atoms with van der Waals surface area (Å²) >= 11 is 1.10. The third-order valence-corrected chi connectivity index (χ3v) is 2.97. The van der Waals surface area contributed by atoms with Crippen molar-refractivity contribution in [2.75, 3.05) is 12.9 Å². The fraction of sp³-hybridized carbons (Fsp3) is 0.182.